The molecular weight excluding hydrogens is 1110 g/mol. The molecule has 0 aromatic rings. The molecule has 0 heterocycles. The van der Waals surface area contributed by atoms with Crippen LogP contribution in [0.5, 0.6) is 0 Å². The van der Waals surface area contributed by atoms with Gasteiger partial charge in [-0.2, -0.15) is 0 Å². The third kappa shape index (κ3) is 57.8. The van der Waals surface area contributed by atoms with Crippen molar-refractivity contribution in [2.45, 2.75) is 331 Å². The maximum absolute atomic E-state index is 13.0. The van der Waals surface area contributed by atoms with Crippen LogP contribution in [0.1, 0.15) is 312 Å². The Balaban J connectivity index is 5.22. The van der Waals surface area contributed by atoms with Gasteiger partial charge < -0.3 is 33.8 Å². The van der Waals surface area contributed by atoms with Crippen LogP contribution >= 0.6 is 15.6 Å². The van der Waals surface area contributed by atoms with Crippen LogP contribution in [0, 0.1) is 23.7 Å². The smallest absolute Gasteiger partial charge is 0.462 e. The summed E-state index contributed by atoms with van der Waals surface area (Å²) in [7, 11) is -9.89. The van der Waals surface area contributed by atoms with Crippen LogP contribution in [0.25, 0.3) is 0 Å². The molecule has 6 atom stereocenters. The van der Waals surface area contributed by atoms with E-state index in [0.29, 0.717) is 37.5 Å². The number of aliphatic hydroxyl groups is 1. The number of carbonyl (C=O) groups excluding carboxylic acids is 4. The predicted molar refractivity (Wildman–Crippen MR) is 335 cm³/mol. The van der Waals surface area contributed by atoms with Gasteiger partial charge in [-0.3, -0.25) is 37.3 Å². The van der Waals surface area contributed by atoms with Crippen molar-refractivity contribution in [2.75, 3.05) is 39.6 Å². The molecule has 17 nitrogen and oxygen atoms in total. The molecule has 498 valence electrons. The lowest BCUT2D eigenvalue weighted by Gasteiger charge is -2.21. The van der Waals surface area contributed by atoms with Gasteiger partial charge in [0.05, 0.1) is 26.4 Å². The SMILES string of the molecule is CCC(C)CCCCCCCCC(=O)O[C@H](COC(=O)CCCCCCCCC(C)C)COP(=O)(O)OC[C@@H](O)COP(=O)(O)OC[C@@H](COC(=O)CCCCCCCCC(C)C)OC(=O)CCCCCCCCCCCCCCCC(C)C. The fraction of sp³-hybridized carbons (Fsp3) is 0.938. The van der Waals surface area contributed by atoms with Gasteiger partial charge in [0.1, 0.15) is 19.3 Å². The molecule has 0 aromatic heterocycles. The number of phosphoric acid groups is 2. The monoisotopic (exact) mass is 1240 g/mol. The van der Waals surface area contributed by atoms with Gasteiger partial charge in [0.15, 0.2) is 12.2 Å². The summed E-state index contributed by atoms with van der Waals surface area (Å²) in [5, 5.41) is 10.5. The van der Waals surface area contributed by atoms with Crippen LogP contribution in [0.2, 0.25) is 0 Å². The maximum atomic E-state index is 13.0. The highest BCUT2D eigenvalue weighted by atomic mass is 31.2. The van der Waals surface area contributed by atoms with E-state index in [-0.39, 0.29) is 25.7 Å². The lowest BCUT2D eigenvalue weighted by molar-refractivity contribution is -0.161. The molecule has 0 saturated heterocycles. The van der Waals surface area contributed by atoms with Crippen molar-refractivity contribution in [3.8, 4) is 0 Å². The second-order valence-electron chi connectivity index (χ2n) is 25.2. The minimum absolute atomic E-state index is 0.101. The zero-order valence-corrected chi connectivity index (χ0v) is 56.3. The first kappa shape index (κ1) is 82.1. The van der Waals surface area contributed by atoms with Crippen LogP contribution in [0.3, 0.4) is 0 Å². The van der Waals surface area contributed by atoms with Crippen LogP contribution < -0.4 is 0 Å². The highest BCUT2D eigenvalue weighted by Gasteiger charge is 2.30. The molecule has 84 heavy (non-hydrogen) atoms. The molecule has 0 aliphatic carbocycles. The van der Waals surface area contributed by atoms with Crippen molar-refractivity contribution in [1.82, 2.24) is 0 Å². The van der Waals surface area contributed by atoms with Crippen LogP contribution in [0.15, 0.2) is 0 Å². The van der Waals surface area contributed by atoms with E-state index in [1.165, 1.54) is 103 Å². The second-order valence-corrected chi connectivity index (χ2v) is 28.1. The molecule has 0 fully saturated rings. The quantitative estimate of drug-likeness (QED) is 0.0222. The van der Waals surface area contributed by atoms with Crippen molar-refractivity contribution in [2.24, 2.45) is 23.7 Å². The number of phosphoric ester groups is 2. The molecule has 0 bridgehead atoms. The van der Waals surface area contributed by atoms with Crippen molar-refractivity contribution in [1.29, 1.82) is 0 Å². The number of rotatable bonds is 62. The Morgan fingerprint density at radius 1 is 0.333 bits per heavy atom. The van der Waals surface area contributed by atoms with Crippen molar-refractivity contribution >= 4 is 39.5 Å². The summed E-state index contributed by atoms with van der Waals surface area (Å²) < 4.78 is 68.0. The molecule has 0 aliphatic rings. The van der Waals surface area contributed by atoms with Crippen molar-refractivity contribution in [3.05, 3.63) is 0 Å². The normalized spacial score (nSPS) is 14.7. The van der Waals surface area contributed by atoms with E-state index in [1.807, 2.05) is 0 Å². The Hall–Kier alpha value is -1.94. The summed E-state index contributed by atoms with van der Waals surface area (Å²) in [6, 6.07) is 0. The minimum Gasteiger partial charge on any atom is -0.462 e. The molecule has 0 aliphatic heterocycles. The van der Waals surface area contributed by atoms with Crippen LogP contribution in [-0.4, -0.2) is 96.7 Å². The molecule has 0 radical (unpaired) electrons. The molecule has 3 N–H and O–H groups in total. The number of aliphatic hydroxyl groups excluding tert-OH is 1. The Morgan fingerprint density at radius 2 is 0.571 bits per heavy atom. The van der Waals surface area contributed by atoms with E-state index in [0.717, 1.165) is 115 Å². The largest absolute Gasteiger partial charge is 0.472 e. The third-order valence-corrected chi connectivity index (χ3v) is 17.1. The Morgan fingerprint density at radius 3 is 0.845 bits per heavy atom. The summed E-state index contributed by atoms with van der Waals surface area (Å²) in [5.41, 5.74) is 0. The van der Waals surface area contributed by atoms with Gasteiger partial charge in [-0.1, -0.05) is 261 Å². The molecular formula is C65H126O17P2. The van der Waals surface area contributed by atoms with Gasteiger partial charge in [-0.15, -0.1) is 0 Å². The fourth-order valence-electron chi connectivity index (χ4n) is 9.57. The lowest BCUT2D eigenvalue weighted by Crippen LogP contribution is -2.30. The topological polar surface area (TPSA) is 237 Å². The number of ether oxygens (including phenoxy) is 4. The number of carbonyl (C=O) groups is 4. The zero-order chi connectivity index (χ0) is 62.5. The van der Waals surface area contributed by atoms with E-state index < -0.39 is 97.5 Å². The third-order valence-electron chi connectivity index (χ3n) is 15.2. The maximum Gasteiger partial charge on any atom is 0.472 e. The minimum atomic E-state index is -4.95. The summed E-state index contributed by atoms with van der Waals surface area (Å²) in [6.07, 6.45) is 35.2. The standard InChI is InChI=1S/C65H126O17P2/c1-9-58(8)44-36-28-21-24-32-40-48-65(70)82-61(52-76-63(68)46-38-30-23-20-27-35-43-57(6)7)54-80-84(73,74)78-50-59(66)49-77-83(71,72)79-53-60(51-75-62(67)45-37-29-22-19-26-34-42-56(4)5)81-64(69)47-39-31-18-16-14-12-10-11-13-15-17-25-33-41-55(2)3/h55-61,66H,9-54H2,1-8H3,(H,71,72)(H,73,74)/t58?,59-,60+,61+/m0/s1. The first-order valence-electron chi connectivity index (χ1n) is 33.7. The van der Waals surface area contributed by atoms with E-state index in [2.05, 4.69) is 55.4 Å². The molecule has 0 rings (SSSR count). The van der Waals surface area contributed by atoms with Crippen molar-refractivity contribution in [3.63, 3.8) is 0 Å². The van der Waals surface area contributed by atoms with E-state index in [9.17, 15) is 43.2 Å². The van der Waals surface area contributed by atoms with Gasteiger partial charge in [0, 0.05) is 25.7 Å². The Kier molecular flexibility index (Phi) is 53.9. The Labute approximate surface area is 511 Å². The van der Waals surface area contributed by atoms with Crippen LogP contribution in [-0.2, 0) is 65.4 Å². The second kappa shape index (κ2) is 55.2. The zero-order valence-electron chi connectivity index (χ0n) is 54.5. The molecule has 0 spiro atoms. The highest BCUT2D eigenvalue weighted by Crippen LogP contribution is 2.45. The van der Waals surface area contributed by atoms with Gasteiger partial charge >= 0.3 is 39.5 Å². The highest BCUT2D eigenvalue weighted by molar-refractivity contribution is 7.47. The fourth-order valence-corrected chi connectivity index (χ4v) is 11.2. The molecule has 3 unspecified atom stereocenters. The average molecular weight is 1240 g/mol. The van der Waals surface area contributed by atoms with E-state index >= 15 is 0 Å². The first-order valence-corrected chi connectivity index (χ1v) is 36.7. The van der Waals surface area contributed by atoms with E-state index in [1.54, 1.807) is 0 Å². The number of hydrogen-bond acceptors (Lipinski definition) is 15. The summed E-state index contributed by atoms with van der Waals surface area (Å²) >= 11 is 0. The van der Waals surface area contributed by atoms with Gasteiger partial charge in [0.2, 0.25) is 0 Å². The van der Waals surface area contributed by atoms with Gasteiger partial charge in [-0.05, 0) is 49.4 Å². The first-order chi connectivity index (χ1) is 40.1. The van der Waals surface area contributed by atoms with Gasteiger partial charge in [0.25, 0.3) is 0 Å². The number of unbranched alkanes of at least 4 members (excludes halogenated alkanes) is 27. The number of esters is 4. The molecule has 0 aromatic carbocycles. The van der Waals surface area contributed by atoms with E-state index in [4.69, 9.17) is 37.0 Å². The molecule has 0 saturated carbocycles. The summed E-state index contributed by atoms with van der Waals surface area (Å²) in [5.74, 6) is 0.723. The number of hydrogen-bond donors (Lipinski definition) is 3. The lowest BCUT2D eigenvalue weighted by atomic mass is 10.00. The van der Waals surface area contributed by atoms with Gasteiger partial charge in [-0.25, -0.2) is 9.13 Å². The van der Waals surface area contributed by atoms with Crippen molar-refractivity contribution < 1.29 is 80.2 Å². The predicted octanol–water partition coefficient (Wildman–Crippen LogP) is 17.8. The average Bonchev–Trinajstić information content (AvgIpc) is 3.46. The summed E-state index contributed by atoms with van der Waals surface area (Å²) in [4.78, 5) is 72.2. The molecule has 0 amide bonds. The van der Waals surface area contributed by atoms with Crippen LogP contribution in [0.4, 0.5) is 0 Å². The summed E-state index contributed by atoms with van der Waals surface area (Å²) in [6.45, 7) is 13.9. The molecule has 19 heteroatoms. The Bertz CT molecular complexity index is 1680.